The molecule has 2 N–H and O–H groups in total. The van der Waals surface area contributed by atoms with Gasteiger partial charge in [-0.15, -0.1) is 0 Å². The minimum atomic E-state index is -0.937. The molecule has 3 amide bonds. The first kappa shape index (κ1) is 28.2. The molecule has 2 heterocycles. The Bertz CT molecular complexity index is 1460. The first-order valence-electron chi connectivity index (χ1n) is 12.8. The van der Waals surface area contributed by atoms with Crippen LogP contribution < -0.4 is 10.6 Å². The van der Waals surface area contributed by atoms with Crippen LogP contribution in [0, 0.1) is 13.8 Å². The molecule has 40 heavy (non-hydrogen) atoms. The lowest BCUT2D eigenvalue weighted by atomic mass is 10.1. The fourth-order valence-corrected chi connectivity index (χ4v) is 4.08. The van der Waals surface area contributed by atoms with E-state index in [0.717, 1.165) is 10.5 Å². The Morgan fingerprint density at radius 2 is 1.95 bits per heavy atom. The summed E-state index contributed by atoms with van der Waals surface area (Å²) in [5.41, 5.74) is 3.29. The van der Waals surface area contributed by atoms with Gasteiger partial charge in [-0.25, -0.2) is 19.2 Å². The van der Waals surface area contributed by atoms with E-state index in [9.17, 15) is 24.0 Å². The van der Waals surface area contributed by atoms with Gasteiger partial charge in [0.1, 0.15) is 18.1 Å². The van der Waals surface area contributed by atoms with Crippen molar-refractivity contribution in [2.75, 3.05) is 18.7 Å². The lowest BCUT2D eigenvalue weighted by Crippen LogP contribution is -2.39. The van der Waals surface area contributed by atoms with Crippen LogP contribution in [-0.4, -0.2) is 69.0 Å². The lowest BCUT2D eigenvalue weighted by molar-refractivity contribution is -0.152. The van der Waals surface area contributed by atoms with Crippen LogP contribution in [0.1, 0.15) is 64.4 Å². The number of aromatic nitrogens is 3. The highest BCUT2D eigenvalue weighted by Crippen LogP contribution is 2.32. The number of amides is 3. The van der Waals surface area contributed by atoms with E-state index >= 15 is 0 Å². The third kappa shape index (κ3) is 6.25. The molecule has 0 bridgehead atoms. The summed E-state index contributed by atoms with van der Waals surface area (Å²) in [6.07, 6.45) is 3.61. The van der Waals surface area contributed by atoms with E-state index in [0.29, 0.717) is 53.8 Å². The summed E-state index contributed by atoms with van der Waals surface area (Å²) in [6, 6.07) is 4.94. The molecule has 0 atom stereocenters. The maximum absolute atomic E-state index is 13.6. The number of hydrogen-bond acceptors (Lipinski definition) is 10. The highest BCUT2D eigenvalue weighted by Gasteiger charge is 2.40. The van der Waals surface area contributed by atoms with Gasteiger partial charge >= 0.3 is 12.1 Å². The van der Waals surface area contributed by atoms with E-state index in [4.69, 9.17) is 9.47 Å². The second-order valence-electron chi connectivity index (χ2n) is 9.24. The third-order valence-corrected chi connectivity index (χ3v) is 6.34. The van der Waals surface area contributed by atoms with Crippen molar-refractivity contribution < 1.29 is 33.4 Å². The lowest BCUT2D eigenvalue weighted by Gasteiger charge is -2.19. The molecular formula is C27H30N6O7. The maximum Gasteiger partial charge on any atom is 0.419 e. The minimum Gasteiger partial charge on any atom is -0.428 e. The zero-order valence-corrected chi connectivity index (χ0v) is 22.4. The van der Waals surface area contributed by atoms with Gasteiger partial charge in [-0.1, -0.05) is 6.07 Å². The number of esters is 1. The molecule has 2 aromatic heterocycles. The smallest absolute Gasteiger partial charge is 0.419 e. The summed E-state index contributed by atoms with van der Waals surface area (Å²) in [5, 5.41) is 10.3. The summed E-state index contributed by atoms with van der Waals surface area (Å²) in [4.78, 5) is 66.0. The monoisotopic (exact) mass is 550 g/mol. The van der Waals surface area contributed by atoms with Gasteiger partial charge in [-0.05, 0) is 56.9 Å². The van der Waals surface area contributed by atoms with Crippen LogP contribution in [0.3, 0.4) is 0 Å². The van der Waals surface area contributed by atoms with E-state index in [1.807, 2.05) is 19.9 Å². The van der Waals surface area contributed by atoms with Crippen molar-refractivity contribution in [2.45, 2.75) is 52.5 Å². The maximum atomic E-state index is 13.6. The van der Waals surface area contributed by atoms with E-state index < -0.39 is 24.8 Å². The summed E-state index contributed by atoms with van der Waals surface area (Å²) in [5.74, 6) is -1.06. The van der Waals surface area contributed by atoms with Gasteiger partial charge in [0.2, 0.25) is 6.79 Å². The molecule has 1 aromatic carbocycles. The van der Waals surface area contributed by atoms with E-state index in [-0.39, 0.29) is 30.4 Å². The summed E-state index contributed by atoms with van der Waals surface area (Å²) < 4.78 is 11.3. The molecule has 13 nitrogen and oxygen atoms in total. The Labute approximate surface area is 229 Å². The number of imide groups is 1. The van der Waals surface area contributed by atoms with Crippen molar-refractivity contribution in [2.24, 2.45) is 0 Å². The van der Waals surface area contributed by atoms with Crippen LogP contribution in [0.2, 0.25) is 0 Å². The number of nitrogens with one attached hydrogen (secondary N) is 2. The largest absolute Gasteiger partial charge is 0.428 e. The Morgan fingerprint density at radius 3 is 2.65 bits per heavy atom. The standard InChI is InChI=1S/C27H30N6O7/c1-4-28-25(36)18-8-7-16(2)21(12-18)31-24-23-17(3)20(13-32(23)30-14-29-24)26(37)33(19-9-10-19)27(38)40-15-39-22(35)6-5-11-34/h7-8,11-14,19H,4-6,9-10,15H2,1-3H3,(H,28,36)(H,29,30,31). The molecule has 1 aliphatic rings. The van der Waals surface area contributed by atoms with E-state index in [1.165, 1.54) is 17.0 Å². The first-order valence-corrected chi connectivity index (χ1v) is 12.8. The number of fused-ring (bicyclic) bond motifs is 1. The Balaban J connectivity index is 1.57. The average Bonchev–Trinajstić information content (AvgIpc) is 3.70. The third-order valence-electron chi connectivity index (χ3n) is 6.34. The van der Waals surface area contributed by atoms with Crippen LogP contribution in [0.5, 0.6) is 0 Å². The minimum absolute atomic E-state index is 0.000112. The van der Waals surface area contributed by atoms with Gasteiger partial charge in [0.15, 0.2) is 5.82 Å². The van der Waals surface area contributed by atoms with Crippen molar-refractivity contribution in [1.82, 2.24) is 24.8 Å². The van der Waals surface area contributed by atoms with Crippen LogP contribution in [0.15, 0.2) is 30.7 Å². The summed E-state index contributed by atoms with van der Waals surface area (Å²) in [7, 11) is 0. The zero-order chi connectivity index (χ0) is 28.8. The number of carbonyl (C=O) groups excluding carboxylic acids is 5. The first-order chi connectivity index (χ1) is 19.2. The summed E-state index contributed by atoms with van der Waals surface area (Å²) >= 11 is 0. The quantitative estimate of drug-likeness (QED) is 0.206. The Kier molecular flexibility index (Phi) is 8.72. The fraction of sp³-hybridized carbons (Fsp3) is 0.370. The number of hydrogen-bond donors (Lipinski definition) is 2. The van der Waals surface area contributed by atoms with Crippen molar-refractivity contribution in [3.05, 3.63) is 53.0 Å². The molecule has 210 valence electrons. The van der Waals surface area contributed by atoms with Crippen molar-refractivity contribution in [3.8, 4) is 0 Å². The van der Waals surface area contributed by atoms with Crippen LogP contribution in [-0.2, 0) is 19.1 Å². The van der Waals surface area contributed by atoms with Gasteiger partial charge in [-0.3, -0.25) is 14.4 Å². The molecule has 1 aliphatic carbocycles. The molecule has 0 radical (unpaired) electrons. The Hall–Kier alpha value is -4.81. The van der Waals surface area contributed by atoms with Crippen molar-refractivity contribution in [3.63, 3.8) is 0 Å². The highest BCUT2D eigenvalue weighted by atomic mass is 16.7. The predicted octanol–water partition coefficient (Wildman–Crippen LogP) is 3.06. The molecule has 0 aliphatic heterocycles. The number of nitrogens with zero attached hydrogens (tertiary/aromatic N) is 4. The predicted molar refractivity (Wildman–Crippen MR) is 142 cm³/mol. The highest BCUT2D eigenvalue weighted by molar-refractivity contribution is 6.06. The normalized spacial score (nSPS) is 12.5. The Morgan fingerprint density at radius 1 is 1.18 bits per heavy atom. The summed E-state index contributed by atoms with van der Waals surface area (Å²) in [6.45, 7) is 5.28. The molecular weight excluding hydrogens is 520 g/mol. The molecule has 1 saturated carbocycles. The van der Waals surface area contributed by atoms with E-state index in [2.05, 4.69) is 20.7 Å². The number of benzene rings is 1. The van der Waals surface area contributed by atoms with Gasteiger partial charge in [-0.2, -0.15) is 5.10 Å². The second kappa shape index (κ2) is 12.4. The molecule has 0 unspecified atom stereocenters. The van der Waals surface area contributed by atoms with Gasteiger partial charge < -0.3 is 24.9 Å². The van der Waals surface area contributed by atoms with Gasteiger partial charge in [0, 0.05) is 36.5 Å². The number of carbonyl (C=O) groups is 5. The van der Waals surface area contributed by atoms with Crippen molar-refractivity contribution in [1.29, 1.82) is 0 Å². The number of aryl methyl sites for hydroxylation is 2. The fourth-order valence-electron chi connectivity index (χ4n) is 4.08. The molecule has 13 heteroatoms. The van der Waals surface area contributed by atoms with Gasteiger partial charge in [0.05, 0.1) is 12.0 Å². The van der Waals surface area contributed by atoms with E-state index in [1.54, 1.807) is 19.1 Å². The molecule has 3 aromatic rings. The molecule has 0 spiro atoms. The van der Waals surface area contributed by atoms with Gasteiger partial charge in [0.25, 0.3) is 11.8 Å². The van der Waals surface area contributed by atoms with Crippen LogP contribution in [0.25, 0.3) is 5.52 Å². The zero-order valence-electron chi connectivity index (χ0n) is 22.4. The number of rotatable bonds is 11. The van der Waals surface area contributed by atoms with Crippen molar-refractivity contribution >= 4 is 47.2 Å². The number of anilines is 2. The number of ether oxygens (including phenoxy) is 2. The van der Waals surface area contributed by atoms with Crippen LogP contribution in [0.4, 0.5) is 16.3 Å². The SMILES string of the molecule is CCNC(=O)c1ccc(C)c(Nc2ncnn3cc(C(=O)N(C(=O)OCOC(=O)CCC=O)C4CC4)c(C)c23)c1. The average molecular weight is 551 g/mol. The number of aldehydes is 1. The topological polar surface area (TPSA) is 161 Å². The van der Waals surface area contributed by atoms with Crippen LogP contribution >= 0.6 is 0 Å². The molecule has 1 fully saturated rings. The molecule has 0 saturated heterocycles. The molecule has 4 rings (SSSR count). The second-order valence-corrected chi connectivity index (χ2v) is 9.24.